The first-order chi connectivity index (χ1) is 8.72. The van der Waals surface area contributed by atoms with Gasteiger partial charge < -0.3 is 0 Å². The van der Waals surface area contributed by atoms with Crippen molar-refractivity contribution in [1.82, 2.24) is 4.98 Å². The lowest BCUT2D eigenvalue weighted by atomic mass is 10.2. The minimum atomic E-state index is 0.0885. The number of hydrogen-bond acceptors (Lipinski definition) is 4. The Morgan fingerprint density at radius 1 is 1.33 bits per heavy atom. The van der Waals surface area contributed by atoms with Crippen molar-refractivity contribution in [3.63, 3.8) is 0 Å². The van der Waals surface area contributed by atoms with Crippen molar-refractivity contribution < 1.29 is 4.79 Å². The topological polar surface area (TPSA) is 30.0 Å². The first-order valence-electron chi connectivity index (χ1n) is 5.34. The van der Waals surface area contributed by atoms with Crippen LogP contribution in [0.2, 0.25) is 0 Å². The minimum Gasteiger partial charge on any atom is -0.291 e. The summed E-state index contributed by atoms with van der Waals surface area (Å²) in [6.07, 6.45) is 0.427. The molecule has 0 saturated heterocycles. The molecule has 2 aromatic heterocycles. The normalized spacial score (nSPS) is 10.9. The Hall–Kier alpha value is -1.04. The van der Waals surface area contributed by atoms with Crippen LogP contribution in [0.25, 0.3) is 10.2 Å². The van der Waals surface area contributed by atoms with Gasteiger partial charge in [-0.3, -0.25) is 4.79 Å². The van der Waals surface area contributed by atoms with Crippen LogP contribution in [0.5, 0.6) is 0 Å². The van der Waals surface area contributed by atoms with Crippen molar-refractivity contribution in [3.8, 4) is 0 Å². The van der Waals surface area contributed by atoms with Gasteiger partial charge in [-0.15, -0.1) is 22.7 Å². The van der Waals surface area contributed by atoms with Crippen LogP contribution in [0.4, 0.5) is 0 Å². The van der Waals surface area contributed by atoms with Gasteiger partial charge in [0, 0.05) is 21.2 Å². The van der Waals surface area contributed by atoms with Crippen molar-refractivity contribution >= 4 is 54.6 Å². The predicted octanol–water partition coefficient (Wildman–Crippen LogP) is 4.55. The van der Waals surface area contributed by atoms with E-state index in [1.807, 2.05) is 35.7 Å². The van der Waals surface area contributed by atoms with Crippen molar-refractivity contribution in [2.75, 3.05) is 0 Å². The largest absolute Gasteiger partial charge is 0.291 e. The molecule has 2 heterocycles. The van der Waals surface area contributed by atoms with E-state index in [1.165, 1.54) is 11.3 Å². The summed E-state index contributed by atoms with van der Waals surface area (Å²) in [7, 11) is 0. The summed E-state index contributed by atoms with van der Waals surface area (Å²) in [5, 5.41) is 2.58. The fraction of sp³-hybridized carbons (Fsp3) is 0.0769. The number of benzene rings is 1. The smallest absolute Gasteiger partial charge is 0.196 e. The van der Waals surface area contributed by atoms with E-state index in [9.17, 15) is 4.79 Å². The molecular weight excluding hydrogens is 330 g/mol. The number of hydrogen-bond donors (Lipinski definition) is 0. The number of ketones is 1. The van der Waals surface area contributed by atoms with Gasteiger partial charge in [0.2, 0.25) is 0 Å². The maximum Gasteiger partial charge on any atom is 0.196 e. The van der Waals surface area contributed by atoms with Gasteiger partial charge in [-0.1, -0.05) is 12.1 Å². The van der Waals surface area contributed by atoms with Gasteiger partial charge in [-0.2, -0.15) is 0 Å². The standard InChI is InChI=1S/C13H8BrNOS2/c14-8-5-9(17-7-8)6-11(16)13-15-10-3-1-2-4-12(10)18-13/h1-5,7H,6H2. The Bertz CT molecular complexity index is 683. The maximum absolute atomic E-state index is 12.1. The maximum atomic E-state index is 12.1. The van der Waals surface area contributed by atoms with Gasteiger partial charge in [-0.25, -0.2) is 4.98 Å². The van der Waals surface area contributed by atoms with Gasteiger partial charge >= 0.3 is 0 Å². The van der Waals surface area contributed by atoms with E-state index in [1.54, 1.807) is 11.3 Å². The van der Waals surface area contributed by atoms with Gasteiger partial charge in [-0.05, 0) is 34.1 Å². The monoisotopic (exact) mass is 337 g/mol. The number of nitrogens with zero attached hydrogens (tertiary/aromatic N) is 1. The molecule has 1 aromatic carbocycles. The molecule has 2 nitrogen and oxygen atoms in total. The molecule has 0 N–H and O–H groups in total. The fourth-order valence-electron chi connectivity index (χ4n) is 1.67. The molecule has 3 rings (SSSR count). The zero-order chi connectivity index (χ0) is 12.5. The van der Waals surface area contributed by atoms with Crippen molar-refractivity contribution in [3.05, 3.63) is 50.1 Å². The molecule has 0 radical (unpaired) electrons. The second-order valence-electron chi connectivity index (χ2n) is 3.82. The zero-order valence-electron chi connectivity index (χ0n) is 9.22. The number of thiazole rings is 1. The summed E-state index contributed by atoms with van der Waals surface area (Å²) in [5.41, 5.74) is 0.901. The van der Waals surface area contributed by atoms with Crippen molar-refractivity contribution in [1.29, 1.82) is 0 Å². The molecular formula is C13H8BrNOS2. The van der Waals surface area contributed by atoms with E-state index in [0.29, 0.717) is 11.4 Å². The van der Waals surface area contributed by atoms with Gasteiger partial charge in [0.1, 0.15) is 0 Å². The van der Waals surface area contributed by atoms with Crippen LogP contribution >= 0.6 is 38.6 Å². The average molecular weight is 338 g/mol. The predicted molar refractivity (Wildman–Crippen MR) is 79.7 cm³/mol. The molecule has 0 aliphatic rings. The number of fused-ring (bicyclic) bond motifs is 1. The third kappa shape index (κ3) is 2.39. The summed E-state index contributed by atoms with van der Waals surface area (Å²) >= 11 is 6.44. The molecule has 90 valence electrons. The number of para-hydroxylation sites is 1. The number of rotatable bonds is 3. The highest BCUT2D eigenvalue weighted by Crippen LogP contribution is 2.25. The molecule has 0 atom stereocenters. The first-order valence-corrected chi connectivity index (χ1v) is 7.83. The Kier molecular flexibility index (Phi) is 3.28. The third-order valence-corrected chi connectivity index (χ3v) is 5.26. The summed E-state index contributed by atoms with van der Waals surface area (Å²) in [6, 6.07) is 9.81. The summed E-state index contributed by atoms with van der Waals surface area (Å²) in [5.74, 6) is 0.0885. The SMILES string of the molecule is O=C(Cc1cc(Br)cs1)c1nc2ccccc2s1. The minimum absolute atomic E-state index is 0.0885. The summed E-state index contributed by atoms with van der Waals surface area (Å²) in [6.45, 7) is 0. The fourth-order valence-corrected chi connectivity index (χ4v) is 4.02. The van der Waals surface area contributed by atoms with Gasteiger partial charge in [0.05, 0.1) is 10.2 Å². The quantitative estimate of drug-likeness (QED) is 0.656. The highest BCUT2D eigenvalue weighted by atomic mass is 79.9. The second-order valence-corrected chi connectivity index (χ2v) is 6.76. The van der Waals surface area contributed by atoms with Crippen LogP contribution in [0, 0.1) is 0 Å². The van der Waals surface area contributed by atoms with E-state index >= 15 is 0 Å². The van der Waals surface area contributed by atoms with E-state index in [4.69, 9.17) is 0 Å². The molecule has 5 heteroatoms. The van der Waals surface area contributed by atoms with E-state index in [0.717, 1.165) is 19.6 Å². The lowest BCUT2D eigenvalue weighted by Gasteiger charge is -1.92. The molecule has 0 aliphatic heterocycles. The Morgan fingerprint density at radius 3 is 2.89 bits per heavy atom. The molecule has 0 unspecified atom stereocenters. The average Bonchev–Trinajstić information content (AvgIpc) is 2.95. The molecule has 0 amide bonds. The molecule has 0 bridgehead atoms. The van der Waals surface area contributed by atoms with E-state index < -0.39 is 0 Å². The van der Waals surface area contributed by atoms with Gasteiger partial charge in [0.15, 0.2) is 10.8 Å². The number of carbonyl (C=O) groups excluding carboxylic acids is 1. The first kappa shape index (κ1) is 12.0. The lowest BCUT2D eigenvalue weighted by molar-refractivity contribution is 0.0993. The second kappa shape index (κ2) is 4.91. The van der Waals surface area contributed by atoms with Crippen LogP contribution in [0.3, 0.4) is 0 Å². The highest BCUT2D eigenvalue weighted by molar-refractivity contribution is 9.10. The van der Waals surface area contributed by atoms with Crippen molar-refractivity contribution in [2.45, 2.75) is 6.42 Å². The summed E-state index contributed by atoms with van der Waals surface area (Å²) < 4.78 is 2.09. The molecule has 0 fully saturated rings. The Labute approximate surface area is 120 Å². The third-order valence-electron chi connectivity index (χ3n) is 2.49. The van der Waals surface area contributed by atoms with Crippen LogP contribution in [-0.4, -0.2) is 10.8 Å². The molecule has 3 aromatic rings. The van der Waals surface area contributed by atoms with E-state index in [-0.39, 0.29) is 5.78 Å². The molecule has 0 saturated carbocycles. The van der Waals surface area contributed by atoms with Crippen LogP contribution in [-0.2, 0) is 6.42 Å². The van der Waals surface area contributed by atoms with Crippen LogP contribution in [0.1, 0.15) is 14.7 Å². The van der Waals surface area contributed by atoms with Crippen molar-refractivity contribution in [2.24, 2.45) is 0 Å². The zero-order valence-corrected chi connectivity index (χ0v) is 12.4. The molecule has 0 spiro atoms. The van der Waals surface area contributed by atoms with Crippen LogP contribution < -0.4 is 0 Å². The number of Topliss-reactive ketones (excluding diaryl/α,β-unsaturated/α-hetero) is 1. The summed E-state index contributed by atoms with van der Waals surface area (Å²) in [4.78, 5) is 17.6. The van der Waals surface area contributed by atoms with Gasteiger partial charge in [0.25, 0.3) is 0 Å². The lowest BCUT2D eigenvalue weighted by Crippen LogP contribution is -2.01. The number of halogens is 1. The Balaban J connectivity index is 1.87. The molecule has 0 aliphatic carbocycles. The Morgan fingerprint density at radius 2 is 2.17 bits per heavy atom. The number of aromatic nitrogens is 1. The van der Waals surface area contributed by atoms with E-state index in [2.05, 4.69) is 20.9 Å². The number of thiophene rings is 1. The van der Waals surface area contributed by atoms with Crippen LogP contribution in [0.15, 0.2) is 40.2 Å². The molecule has 18 heavy (non-hydrogen) atoms. The number of carbonyl (C=O) groups is 1. The highest BCUT2D eigenvalue weighted by Gasteiger charge is 2.13.